The van der Waals surface area contributed by atoms with Crippen molar-refractivity contribution in [1.82, 2.24) is 10.2 Å². The summed E-state index contributed by atoms with van der Waals surface area (Å²) in [5.41, 5.74) is 0. The Kier molecular flexibility index (Phi) is 5.29. The monoisotopic (exact) mass is 338 g/mol. The molecule has 2 amide bonds. The van der Waals surface area contributed by atoms with E-state index in [1.54, 1.807) is 7.05 Å². The van der Waals surface area contributed by atoms with E-state index in [1.165, 1.54) is 4.90 Å². The number of nitrogens with zero attached hydrogens (tertiary/aromatic N) is 1. The molecule has 128 valence electrons. The van der Waals surface area contributed by atoms with Gasteiger partial charge in [-0.25, -0.2) is 22.0 Å². The molecule has 0 bridgehead atoms. The van der Waals surface area contributed by atoms with Crippen molar-refractivity contribution in [3.8, 4) is 0 Å². The topological polar surface area (TPSA) is 66.5 Å². The van der Waals surface area contributed by atoms with Crippen LogP contribution >= 0.6 is 0 Å². The molecule has 1 saturated carbocycles. The van der Waals surface area contributed by atoms with Crippen LogP contribution in [0.4, 0.5) is 13.6 Å². The van der Waals surface area contributed by atoms with Crippen molar-refractivity contribution >= 4 is 15.9 Å². The van der Waals surface area contributed by atoms with Gasteiger partial charge in [0.25, 0.3) is 0 Å². The third kappa shape index (κ3) is 4.79. The van der Waals surface area contributed by atoms with Crippen LogP contribution in [-0.4, -0.2) is 56.4 Å². The molecule has 22 heavy (non-hydrogen) atoms. The second-order valence-corrected chi connectivity index (χ2v) is 8.74. The molecule has 0 aromatic carbocycles. The maximum absolute atomic E-state index is 13.1. The third-order valence-electron chi connectivity index (χ3n) is 4.65. The minimum atomic E-state index is -2.98. The van der Waals surface area contributed by atoms with Crippen molar-refractivity contribution < 1.29 is 22.0 Å². The molecule has 1 heterocycles. The molecule has 0 radical (unpaired) electrons. The van der Waals surface area contributed by atoms with E-state index >= 15 is 0 Å². The molecule has 1 unspecified atom stereocenters. The molecule has 1 aliphatic heterocycles. The Morgan fingerprint density at radius 2 is 1.91 bits per heavy atom. The van der Waals surface area contributed by atoms with E-state index in [0.717, 1.165) is 6.42 Å². The summed E-state index contributed by atoms with van der Waals surface area (Å²) in [5.74, 6) is -2.31. The van der Waals surface area contributed by atoms with E-state index in [0.29, 0.717) is 25.8 Å². The second kappa shape index (κ2) is 6.68. The highest BCUT2D eigenvalue weighted by Crippen LogP contribution is 2.34. The van der Waals surface area contributed by atoms with Gasteiger partial charge in [-0.3, -0.25) is 0 Å². The lowest BCUT2D eigenvalue weighted by atomic mass is 9.91. The molecule has 0 aromatic heterocycles. The van der Waals surface area contributed by atoms with Gasteiger partial charge in [-0.1, -0.05) is 0 Å². The summed E-state index contributed by atoms with van der Waals surface area (Å²) in [6.07, 6.45) is 1.66. The first-order chi connectivity index (χ1) is 10.2. The van der Waals surface area contributed by atoms with Crippen molar-refractivity contribution in [1.29, 1.82) is 0 Å². The van der Waals surface area contributed by atoms with Crippen molar-refractivity contribution in [3.05, 3.63) is 0 Å². The number of carbonyl (C=O) groups excluding carboxylic acids is 1. The summed E-state index contributed by atoms with van der Waals surface area (Å²) in [6.45, 7) is 0.325. The lowest BCUT2D eigenvalue weighted by Crippen LogP contribution is -2.48. The fourth-order valence-electron chi connectivity index (χ4n) is 3.21. The summed E-state index contributed by atoms with van der Waals surface area (Å²) in [7, 11) is -1.37. The molecule has 1 atom stereocenters. The number of rotatable bonds is 3. The molecular formula is C14H24F2N2O3S. The van der Waals surface area contributed by atoms with Crippen LogP contribution in [0.5, 0.6) is 0 Å². The van der Waals surface area contributed by atoms with E-state index in [4.69, 9.17) is 0 Å². The Labute approximate surface area is 130 Å². The van der Waals surface area contributed by atoms with Gasteiger partial charge in [0.1, 0.15) is 0 Å². The van der Waals surface area contributed by atoms with Gasteiger partial charge in [0.05, 0.1) is 11.5 Å². The summed E-state index contributed by atoms with van der Waals surface area (Å²) >= 11 is 0. The Bertz CT molecular complexity index is 500. The zero-order valence-electron chi connectivity index (χ0n) is 12.9. The summed E-state index contributed by atoms with van der Waals surface area (Å²) in [4.78, 5) is 13.6. The van der Waals surface area contributed by atoms with Gasteiger partial charge < -0.3 is 10.2 Å². The number of hydrogen-bond acceptors (Lipinski definition) is 3. The van der Waals surface area contributed by atoms with E-state index < -0.39 is 15.8 Å². The highest BCUT2D eigenvalue weighted by Gasteiger charge is 2.37. The number of amides is 2. The zero-order valence-corrected chi connectivity index (χ0v) is 13.7. The van der Waals surface area contributed by atoms with Crippen LogP contribution in [0.1, 0.15) is 38.5 Å². The number of sulfone groups is 1. The number of nitrogens with one attached hydrogen (secondary N) is 1. The highest BCUT2D eigenvalue weighted by molar-refractivity contribution is 7.91. The minimum Gasteiger partial charge on any atom is -0.338 e. The maximum atomic E-state index is 13.1. The molecule has 2 rings (SSSR count). The number of carbonyl (C=O) groups is 1. The van der Waals surface area contributed by atoms with Crippen molar-refractivity contribution in [3.63, 3.8) is 0 Å². The lowest BCUT2D eigenvalue weighted by molar-refractivity contribution is -0.0478. The average Bonchev–Trinajstić information content (AvgIpc) is 2.43. The summed E-state index contributed by atoms with van der Waals surface area (Å²) in [5, 5.41) is 2.74. The molecule has 8 heteroatoms. The Morgan fingerprint density at radius 3 is 2.50 bits per heavy atom. The van der Waals surface area contributed by atoms with Gasteiger partial charge in [-0.15, -0.1) is 0 Å². The van der Waals surface area contributed by atoms with Crippen molar-refractivity contribution in [2.75, 3.05) is 25.1 Å². The maximum Gasteiger partial charge on any atom is 0.317 e. The second-order valence-electron chi connectivity index (χ2n) is 6.51. The fraction of sp³-hybridized carbons (Fsp3) is 0.929. The molecular weight excluding hydrogens is 314 g/mol. The smallest absolute Gasteiger partial charge is 0.317 e. The molecule has 1 aliphatic carbocycles. The minimum absolute atomic E-state index is 0.0493. The van der Waals surface area contributed by atoms with Crippen LogP contribution < -0.4 is 5.32 Å². The van der Waals surface area contributed by atoms with Crippen molar-refractivity contribution in [2.45, 2.75) is 50.5 Å². The fourth-order valence-corrected chi connectivity index (χ4v) is 4.99. The molecule has 0 spiro atoms. The van der Waals surface area contributed by atoms with E-state index in [2.05, 4.69) is 5.32 Å². The highest BCUT2D eigenvalue weighted by atomic mass is 32.2. The first kappa shape index (κ1) is 17.4. The van der Waals surface area contributed by atoms with Gasteiger partial charge in [0, 0.05) is 32.5 Å². The third-order valence-corrected chi connectivity index (χ3v) is 6.54. The SMILES string of the molecule is CN(C(=O)NCC1CCCS(=O)(=O)C1)C1CCC(F)(F)CC1. The van der Waals surface area contributed by atoms with E-state index in [-0.39, 0.29) is 42.3 Å². The zero-order chi connectivity index (χ0) is 16.4. The van der Waals surface area contributed by atoms with Gasteiger partial charge in [0.15, 0.2) is 9.84 Å². The summed E-state index contributed by atoms with van der Waals surface area (Å²) < 4.78 is 49.4. The van der Waals surface area contributed by atoms with Crippen LogP contribution in [0, 0.1) is 5.92 Å². The largest absolute Gasteiger partial charge is 0.338 e. The van der Waals surface area contributed by atoms with E-state index in [1.807, 2.05) is 0 Å². The lowest BCUT2D eigenvalue weighted by Gasteiger charge is -2.34. The first-order valence-corrected chi connectivity index (χ1v) is 9.60. The van der Waals surface area contributed by atoms with Gasteiger partial charge in [-0.05, 0) is 31.6 Å². The molecule has 1 N–H and O–H groups in total. The molecule has 0 aromatic rings. The molecule has 2 aliphatic rings. The van der Waals surface area contributed by atoms with Crippen molar-refractivity contribution in [2.24, 2.45) is 5.92 Å². The Morgan fingerprint density at radius 1 is 1.27 bits per heavy atom. The predicted molar refractivity (Wildman–Crippen MR) is 79.7 cm³/mol. The molecule has 1 saturated heterocycles. The number of halogens is 2. The van der Waals surface area contributed by atoms with Crippen LogP contribution in [0.25, 0.3) is 0 Å². The average molecular weight is 338 g/mol. The number of hydrogen-bond donors (Lipinski definition) is 1. The number of alkyl halides is 2. The quantitative estimate of drug-likeness (QED) is 0.856. The Balaban J connectivity index is 1.77. The normalized spacial score (nSPS) is 28.0. The van der Waals surface area contributed by atoms with Crippen LogP contribution in [-0.2, 0) is 9.84 Å². The van der Waals surface area contributed by atoms with E-state index in [9.17, 15) is 22.0 Å². The van der Waals surface area contributed by atoms with Gasteiger partial charge in [-0.2, -0.15) is 0 Å². The standard InChI is InChI=1S/C14H24F2N2O3S/c1-18(12-4-6-14(15,16)7-5-12)13(19)17-9-11-3-2-8-22(20,21)10-11/h11-12H,2-10H2,1H3,(H,17,19). The predicted octanol–water partition coefficient (Wildman–Crippen LogP) is 2.03. The van der Waals surface area contributed by atoms with Crippen LogP contribution in [0.15, 0.2) is 0 Å². The van der Waals surface area contributed by atoms with Crippen LogP contribution in [0.3, 0.4) is 0 Å². The van der Waals surface area contributed by atoms with Gasteiger partial charge >= 0.3 is 6.03 Å². The summed E-state index contributed by atoms with van der Waals surface area (Å²) in [6, 6.07) is -0.479. The molecule has 2 fully saturated rings. The van der Waals surface area contributed by atoms with Gasteiger partial charge in [0.2, 0.25) is 5.92 Å². The molecule has 5 nitrogen and oxygen atoms in total. The van der Waals surface area contributed by atoms with Crippen LogP contribution in [0.2, 0.25) is 0 Å². The number of urea groups is 1. The first-order valence-electron chi connectivity index (χ1n) is 7.77. The Hall–Kier alpha value is -0.920.